The Balaban J connectivity index is 1.36. The summed E-state index contributed by atoms with van der Waals surface area (Å²) in [5, 5.41) is 20.3. The van der Waals surface area contributed by atoms with E-state index in [4.69, 9.17) is 10.6 Å². The van der Waals surface area contributed by atoms with Crippen LogP contribution in [0.2, 0.25) is 0 Å². The molecule has 182 valence electrons. The fourth-order valence-corrected chi connectivity index (χ4v) is 6.29. The molecular weight excluding hydrogens is 494 g/mol. The molecule has 0 aliphatic carbocycles. The highest BCUT2D eigenvalue weighted by Crippen LogP contribution is 2.40. The number of β-lactam (4-membered cyclic amide) rings is 1. The van der Waals surface area contributed by atoms with Crippen molar-refractivity contribution in [2.75, 3.05) is 12.9 Å². The molecule has 35 heavy (non-hydrogen) atoms. The van der Waals surface area contributed by atoms with Crippen molar-refractivity contribution in [3.63, 3.8) is 0 Å². The van der Waals surface area contributed by atoms with Crippen LogP contribution in [0, 0.1) is 0 Å². The van der Waals surface area contributed by atoms with E-state index in [1.54, 1.807) is 11.6 Å². The number of hydrogen-bond donors (Lipinski definition) is 4. The molecule has 5 heterocycles. The molecule has 1 saturated heterocycles. The standard InChI is InChI=1S/C21H21N7O5S2/c1-33-25-16(21(22)23-5-9-35-21)17(29)24-14-18(30)28-15(20(31)32)12(11-34-19(14)28)10-27-8-7-26-6-3-2-4-13(26)27/h2-9,14,19,23H,10-11,22H2,1H3,(H-,24,29,31,32)/p+1/b25-16+/t14?,19-,21?/m1/s1. The van der Waals surface area contributed by atoms with Crippen LogP contribution in [-0.4, -0.2) is 67.2 Å². The van der Waals surface area contributed by atoms with Crippen LogP contribution >= 0.6 is 23.5 Å². The molecule has 2 aromatic rings. The number of carboxylic acid groups (broad SMARTS) is 1. The van der Waals surface area contributed by atoms with Crippen molar-refractivity contribution in [2.24, 2.45) is 10.9 Å². The van der Waals surface area contributed by atoms with E-state index in [2.05, 4.69) is 15.8 Å². The molecular formula is C21H22N7O5S2+. The second-order valence-electron chi connectivity index (χ2n) is 7.93. The largest absolute Gasteiger partial charge is 0.477 e. The van der Waals surface area contributed by atoms with Gasteiger partial charge in [0, 0.05) is 23.6 Å². The van der Waals surface area contributed by atoms with Gasteiger partial charge in [0.2, 0.25) is 0 Å². The average molecular weight is 517 g/mol. The van der Waals surface area contributed by atoms with Crippen molar-refractivity contribution in [3.05, 3.63) is 59.7 Å². The zero-order valence-electron chi connectivity index (χ0n) is 18.5. The van der Waals surface area contributed by atoms with E-state index >= 15 is 0 Å². The third-order valence-electron chi connectivity index (χ3n) is 5.84. The van der Waals surface area contributed by atoms with Crippen LogP contribution in [0.25, 0.3) is 5.65 Å². The number of carbonyl (C=O) groups excluding carboxylic acids is 2. The molecule has 0 bridgehead atoms. The Morgan fingerprint density at radius 1 is 1.43 bits per heavy atom. The minimum absolute atomic E-state index is 0.0506. The minimum atomic E-state index is -1.34. The van der Waals surface area contributed by atoms with Crippen LogP contribution in [0.15, 0.2) is 64.8 Å². The number of nitrogens with zero attached hydrogens (tertiary/aromatic N) is 4. The number of fused-ring (bicyclic) bond motifs is 2. The van der Waals surface area contributed by atoms with E-state index in [0.29, 0.717) is 17.9 Å². The fraction of sp³-hybridized carbons (Fsp3) is 0.286. The number of hydrogen-bond acceptors (Lipinski definition) is 9. The molecule has 0 spiro atoms. The number of aromatic nitrogens is 2. The van der Waals surface area contributed by atoms with E-state index < -0.39 is 34.2 Å². The van der Waals surface area contributed by atoms with Gasteiger partial charge >= 0.3 is 5.97 Å². The molecule has 12 nitrogen and oxygen atoms in total. The summed E-state index contributed by atoms with van der Waals surface area (Å²) in [4.78, 5) is 42.9. The molecule has 3 aliphatic heterocycles. The van der Waals surface area contributed by atoms with Gasteiger partial charge < -0.3 is 20.6 Å². The lowest BCUT2D eigenvalue weighted by Gasteiger charge is -2.49. The van der Waals surface area contributed by atoms with Gasteiger partial charge in [-0.05, 0) is 11.5 Å². The molecule has 3 aliphatic rings. The van der Waals surface area contributed by atoms with Crippen LogP contribution in [0.5, 0.6) is 0 Å². The van der Waals surface area contributed by atoms with E-state index in [-0.39, 0.29) is 11.4 Å². The lowest BCUT2D eigenvalue weighted by molar-refractivity contribution is -0.662. The Morgan fingerprint density at radius 3 is 2.97 bits per heavy atom. The van der Waals surface area contributed by atoms with Crippen LogP contribution in [0.4, 0.5) is 0 Å². The topological polar surface area (TPSA) is 155 Å². The summed E-state index contributed by atoms with van der Waals surface area (Å²) in [6.07, 6.45) is 7.22. The van der Waals surface area contributed by atoms with Crippen molar-refractivity contribution in [1.82, 2.24) is 19.9 Å². The molecule has 5 rings (SSSR count). The summed E-state index contributed by atoms with van der Waals surface area (Å²) in [5.74, 6) is -1.99. The van der Waals surface area contributed by atoms with E-state index in [1.165, 1.54) is 23.8 Å². The van der Waals surface area contributed by atoms with E-state index in [1.807, 2.05) is 45.8 Å². The molecule has 2 amide bonds. The smallest absolute Gasteiger partial charge is 0.352 e. The second kappa shape index (κ2) is 8.94. The second-order valence-corrected chi connectivity index (χ2v) is 10.2. The van der Waals surface area contributed by atoms with Crippen LogP contribution < -0.4 is 20.9 Å². The fourth-order valence-electron chi connectivity index (χ4n) is 4.23. The first-order valence-corrected chi connectivity index (χ1v) is 12.4. The zero-order chi connectivity index (χ0) is 24.7. The number of oxime groups is 1. The summed E-state index contributed by atoms with van der Waals surface area (Å²) in [6, 6.07) is 4.81. The van der Waals surface area contributed by atoms with E-state index in [9.17, 15) is 19.5 Å². The first-order chi connectivity index (χ1) is 16.8. The van der Waals surface area contributed by atoms with E-state index in [0.717, 1.165) is 17.4 Å². The summed E-state index contributed by atoms with van der Waals surface area (Å²) in [7, 11) is 1.29. The minimum Gasteiger partial charge on any atom is -0.477 e. The molecule has 0 saturated carbocycles. The molecule has 1 fully saturated rings. The number of nitrogens with two attached hydrogens (primary N) is 1. The van der Waals surface area contributed by atoms with Gasteiger partial charge in [0.05, 0.1) is 6.20 Å². The predicted molar refractivity (Wildman–Crippen MR) is 129 cm³/mol. The number of amides is 2. The van der Waals surface area contributed by atoms with Gasteiger partial charge in [0.1, 0.15) is 43.2 Å². The van der Waals surface area contributed by atoms with Crippen molar-refractivity contribution < 1.29 is 28.9 Å². The normalized spacial score (nSPS) is 25.8. The Kier molecular flexibility index (Phi) is 5.94. The Morgan fingerprint density at radius 2 is 2.26 bits per heavy atom. The first-order valence-electron chi connectivity index (χ1n) is 10.5. The molecule has 0 aromatic carbocycles. The molecule has 5 N–H and O–H groups in total. The monoisotopic (exact) mass is 516 g/mol. The molecule has 3 atom stereocenters. The maximum atomic E-state index is 13.0. The number of pyridine rings is 1. The van der Waals surface area contributed by atoms with Gasteiger partial charge in [-0.25, -0.2) is 13.8 Å². The number of imidazole rings is 1. The molecule has 0 radical (unpaired) electrons. The van der Waals surface area contributed by atoms with Gasteiger partial charge in [0.15, 0.2) is 10.7 Å². The van der Waals surface area contributed by atoms with Crippen LogP contribution in [-0.2, 0) is 25.8 Å². The lowest BCUT2D eigenvalue weighted by Crippen LogP contribution is -2.72. The summed E-state index contributed by atoms with van der Waals surface area (Å²) in [6.45, 7) is 0.318. The van der Waals surface area contributed by atoms with Crippen molar-refractivity contribution >= 4 is 52.7 Å². The highest BCUT2D eigenvalue weighted by atomic mass is 32.2. The SMILES string of the molecule is CO/N=C(\C(=O)NC1C(=O)N2C(C(=O)O)=C(C[n+]3ccn4ccccc43)CS[C@H]12)C1(N)NC=CS1. The van der Waals surface area contributed by atoms with Crippen LogP contribution in [0.1, 0.15) is 0 Å². The maximum Gasteiger partial charge on any atom is 0.352 e. The van der Waals surface area contributed by atoms with Crippen molar-refractivity contribution in [2.45, 2.75) is 23.0 Å². The van der Waals surface area contributed by atoms with Gasteiger partial charge in [-0.1, -0.05) is 23.0 Å². The summed E-state index contributed by atoms with van der Waals surface area (Å²) >= 11 is 2.52. The van der Waals surface area contributed by atoms with Gasteiger partial charge in [-0.15, -0.1) is 11.8 Å². The maximum absolute atomic E-state index is 13.0. The quantitative estimate of drug-likeness (QED) is 0.163. The highest BCUT2D eigenvalue weighted by Gasteiger charge is 2.55. The zero-order valence-corrected chi connectivity index (χ0v) is 20.1. The number of thioether (sulfide) groups is 2. The Hall–Kier alpha value is -3.49. The van der Waals surface area contributed by atoms with Crippen molar-refractivity contribution in [1.29, 1.82) is 0 Å². The lowest BCUT2D eigenvalue weighted by atomic mass is 10.0. The molecule has 2 unspecified atom stereocenters. The van der Waals surface area contributed by atoms with Gasteiger partial charge in [-0.2, -0.15) is 0 Å². The Labute approximate surface area is 207 Å². The number of rotatable bonds is 7. The number of carbonyl (C=O) groups is 3. The summed E-state index contributed by atoms with van der Waals surface area (Å²) < 4.78 is 3.85. The number of carboxylic acids is 1. The number of nitrogens with one attached hydrogen (secondary N) is 2. The molecule has 2 aromatic heterocycles. The predicted octanol–water partition coefficient (Wildman–Crippen LogP) is -0.612. The first kappa shape index (κ1) is 23.3. The third kappa shape index (κ3) is 3.92. The third-order valence-corrected chi connectivity index (χ3v) is 8.13. The molecule has 14 heteroatoms. The average Bonchev–Trinajstić information content (AvgIpc) is 3.47. The van der Waals surface area contributed by atoms with Gasteiger partial charge in [-0.3, -0.25) is 20.2 Å². The van der Waals surface area contributed by atoms with Crippen LogP contribution in [0.3, 0.4) is 0 Å². The van der Waals surface area contributed by atoms with Crippen molar-refractivity contribution in [3.8, 4) is 0 Å². The summed E-state index contributed by atoms with van der Waals surface area (Å²) in [5.41, 5.74) is 7.51. The highest BCUT2D eigenvalue weighted by molar-refractivity contribution is 8.04. The Bertz CT molecular complexity index is 1310. The van der Waals surface area contributed by atoms with Gasteiger partial charge in [0.25, 0.3) is 17.5 Å². The number of aliphatic carboxylic acids is 1.